The van der Waals surface area contributed by atoms with E-state index in [-0.39, 0.29) is 30.3 Å². The topological polar surface area (TPSA) is 72.6 Å². The second kappa shape index (κ2) is 7.48. The van der Waals surface area contributed by atoms with E-state index < -0.39 is 6.04 Å². The summed E-state index contributed by atoms with van der Waals surface area (Å²) in [6.45, 7) is 4.71. The maximum absolute atomic E-state index is 12.4. The molecule has 19 heavy (non-hydrogen) atoms. The second-order valence-electron chi connectivity index (χ2n) is 5.37. The quantitative estimate of drug-likeness (QED) is 0.764. The standard InChI is InChI=1S/C14H26N2O3/c1-4-10(2)13(15)14(18)16-8-6-5-7-11(16)9-12(17)19-3/h10-11,13H,4-9,15H2,1-3H3. The van der Waals surface area contributed by atoms with E-state index >= 15 is 0 Å². The minimum absolute atomic E-state index is 0.0250. The Hall–Kier alpha value is -1.10. The number of methoxy groups -OCH3 is 1. The Bertz CT molecular complexity index is 320. The molecule has 0 aromatic carbocycles. The van der Waals surface area contributed by atoms with Gasteiger partial charge in [-0.15, -0.1) is 0 Å². The maximum Gasteiger partial charge on any atom is 0.307 e. The summed E-state index contributed by atoms with van der Waals surface area (Å²) >= 11 is 0. The van der Waals surface area contributed by atoms with Crippen LogP contribution in [0.25, 0.3) is 0 Å². The zero-order chi connectivity index (χ0) is 14.4. The highest BCUT2D eigenvalue weighted by Gasteiger charge is 2.32. The summed E-state index contributed by atoms with van der Waals surface area (Å²) in [6, 6.07) is -0.521. The second-order valence-corrected chi connectivity index (χ2v) is 5.37. The van der Waals surface area contributed by atoms with Gasteiger partial charge in [0.25, 0.3) is 0 Å². The largest absolute Gasteiger partial charge is 0.469 e. The van der Waals surface area contributed by atoms with Gasteiger partial charge in [0.1, 0.15) is 0 Å². The molecule has 2 N–H and O–H groups in total. The first-order valence-electron chi connectivity index (χ1n) is 7.14. The summed E-state index contributed by atoms with van der Waals surface area (Å²) < 4.78 is 4.70. The van der Waals surface area contributed by atoms with E-state index in [9.17, 15) is 9.59 Å². The Morgan fingerprint density at radius 1 is 1.42 bits per heavy atom. The van der Waals surface area contributed by atoms with Gasteiger partial charge in [0, 0.05) is 12.6 Å². The van der Waals surface area contributed by atoms with Gasteiger partial charge in [-0.05, 0) is 25.2 Å². The molecule has 5 nitrogen and oxygen atoms in total. The maximum atomic E-state index is 12.4. The predicted molar refractivity (Wildman–Crippen MR) is 73.4 cm³/mol. The van der Waals surface area contributed by atoms with E-state index in [1.807, 2.05) is 13.8 Å². The lowest BCUT2D eigenvalue weighted by Gasteiger charge is -2.37. The number of piperidine rings is 1. The molecule has 1 heterocycles. The number of hydrogen-bond acceptors (Lipinski definition) is 4. The van der Waals surface area contributed by atoms with E-state index in [0.717, 1.165) is 25.7 Å². The fourth-order valence-corrected chi connectivity index (χ4v) is 2.47. The van der Waals surface area contributed by atoms with Crippen molar-refractivity contribution in [3.8, 4) is 0 Å². The van der Waals surface area contributed by atoms with Crippen LogP contribution in [0.1, 0.15) is 46.0 Å². The van der Waals surface area contributed by atoms with Gasteiger partial charge in [-0.1, -0.05) is 20.3 Å². The molecule has 1 saturated heterocycles. The van der Waals surface area contributed by atoms with Crippen molar-refractivity contribution in [3.05, 3.63) is 0 Å². The number of carbonyl (C=O) groups excluding carboxylic acids is 2. The van der Waals surface area contributed by atoms with Gasteiger partial charge < -0.3 is 15.4 Å². The fourth-order valence-electron chi connectivity index (χ4n) is 2.47. The highest BCUT2D eigenvalue weighted by atomic mass is 16.5. The number of amides is 1. The van der Waals surface area contributed by atoms with Gasteiger partial charge in [0.2, 0.25) is 5.91 Å². The molecule has 0 radical (unpaired) electrons. The van der Waals surface area contributed by atoms with Crippen molar-refractivity contribution in [2.45, 2.75) is 58.0 Å². The van der Waals surface area contributed by atoms with Gasteiger partial charge in [0.05, 0.1) is 19.6 Å². The highest BCUT2D eigenvalue weighted by Crippen LogP contribution is 2.22. The van der Waals surface area contributed by atoms with Gasteiger partial charge in [-0.25, -0.2) is 0 Å². The normalized spacial score (nSPS) is 22.7. The van der Waals surface area contributed by atoms with Crippen LogP contribution in [0.2, 0.25) is 0 Å². The van der Waals surface area contributed by atoms with Crippen molar-refractivity contribution in [1.29, 1.82) is 0 Å². The van der Waals surface area contributed by atoms with E-state index in [1.54, 1.807) is 4.90 Å². The molecule has 0 bridgehead atoms. The first kappa shape index (κ1) is 16.0. The van der Waals surface area contributed by atoms with Crippen LogP contribution in [0.3, 0.4) is 0 Å². The van der Waals surface area contributed by atoms with E-state index in [4.69, 9.17) is 10.5 Å². The average Bonchev–Trinajstić information content (AvgIpc) is 2.45. The Balaban J connectivity index is 2.70. The minimum Gasteiger partial charge on any atom is -0.469 e. The molecule has 0 aromatic heterocycles. The highest BCUT2D eigenvalue weighted by molar-refractivity contribution is 5.83. The summed E-state index contributed by atoms with van der Waals surface area (Å²) in [5, 5.41) is 0. The molecule has 3 atom stereocenters. The molecule has 1 rings (SSSR count). The summed E-state index contributed by atoms with van der Waals surface area (Å²) in [5.74, 6) is -0.127. The predicted octanol–water partition coefficient (Wildman–Crippen LogP) is 1.30. The lowest BCUT2D eigenvalue weighted by atomic mass is 9.94. The van der Waals surface area contributed by atoms with Gasteiger partial charge in [-0.2, -0.15) is 0 Å². The molecule has 0 aromatic rings. The SMILES string of the molecule is CCC(C)C(N)C(=O)N1CCCCC1CC(=O)OC. The van der Waals surface area contributed by atoms with Crippen molar-refractivity contribution in [3.63, 3.8) is 0 Å². The van der Waals surface area contributed by atoms with Crippen LogP contribution in [-0.4, -0.2) is 42.5 Å². The Kier molecular flexibility index (Phi) is 6.28. The van der Waals surface area contributed by atoms with Crippen molar-refractivity contribution in [1.82, 2.24) is 4.90 Å². The van der Waals surface area contributed by atoms with E-state index in [1.165, 1.54) is 7.11 Å². The smallest absolute Gasteiger partial charge is 0.307 e. The van der Waals surface area contributed by atoms with Crippen molar-refractivity contribution in [2.75, 3.05) is 13.7 Å². The van der Waals surface area contributed by atoms with Crippen LogP contribution in [0.5, 0.6) is 0 Å². The van der Waals surface area contributed by atoms with Crippen LogP contribution >= 0.6 is 0 Å². The van der Waals surface area contributed by atoms with Crippen LogP contribution < -0.4 is 5.73 Å². The zero-order valence-corrected chi connectivity index (χ0v) is 12.2. The molecule has 3 unspecified atom stereocenters. The van der Waals surface area contributed by atoms with Crippen molar-refractivity contribution < 1.29 is 14.3 Å². The number of rotatable bonds is 5. The molecule has 5 heteroatoms. The molecule has 0 aliphatic carbocycles. The third-order valence-corrected chi connectivity index (χ3v) is 4.08. The third-order valence-electron chi connectivity index (χ3n) is 4.08. The molecule has 1 amide bonds. The fraction of sp³-hybridized carbons (Fsp3) is 0.857. The number of ether oxygens (including phenoxy) is 1. The monoisotopic (exact) mass is 270 g/mol. The summed E-state index contributed by atoms with van der Waals surface area (Å²) in [5.41, 5.74) is 6.02. The number of nitrogens with two attached hydrogens (primary N) is 1. The lowest BCUT2D eigenvalue weighted by Crippen LogP contribution is -2.53. The molecule has 1 aliphatic heterocycles. The van der Waals surface area contributed by atoms with Crippen LogP contribution in [-0.2, 0) is 14.3 Å². The first-order valence-corrected chi connectivity index (χ1v) is 7.14. The van der Waals surface area contributed by atoms with Crippen LogP contribution in [0.15, 0.2) is 0 Å². The molecular weight excluding hydrogens is 244 g/mol. The van der Waals surface area contributed by atoms with E-state index in [0.29, 0.717) is 6.54 Å². The van der Waals surface area contributed by atoms with Crippen molar-refractivity contribution >= 4 is 11.9 Å². The molecule has 1 fully saturated rings. The summed E-state index contributed by atoms with van der Waals surface area (Å²) in [4.78, 5) is 25.6. The first-order chi connectivity index (χ1) is 9.01. The van der Waals surface area contributed by atoms with Gasteiger partial charge in [0.15, 0.2) is 0 Å². The average molecular weight is 270 g/mol. The van der Waals surface area contributed by atoms with E-state index in [2.05, 4.69) is 0 Å². The lowest BCUT2D eigenvalue weighted by molar-refractivity contribution is -0.145. The zero-order valence-electron chi connectivity index (χ0n) is 12.2. The van der Waals surface area contributed by atoms with Gasteiger partial charge >= 0.3 is 5.97 Å². The molecule has 1 aliphatic rings. The molecule has 110 valence electrons. The number of esters is 1. The molecular formula is C14H26N2O3. The summed E-state index contributed by atoms with van der Waals surface area (Å²) in [6.07, 6.45) is 4.03. The Morgan fingerprint density at radius 2 is 2.11 bits per heavy atom. The van der Waals surface area contributed by atoms with Crippen LogP contribution in [0, 0.1) is 5.92 Å². The molecule has 0 saturated carbocycles. The van der Waals surface area contributed by atoms with Gasteiger partial charge in [-0.3, -0.25) is 9.59 Å². The molecule has 0 spiro atoms. The third kappa shape index (κ3) is 4.20. The Labute approximate surface area is 115 Å². The van der Waals surface area contributed by atoms with Crippen LogP contribution in [0.4, 0.5) is 0 Å². The Morgan fingerprint density at radius 3 is 2.68 bits per heavy atom. The van der Waals surface area contributed by atoms with Crippen molar-refractivity contribution in [2.24, 2.45) is 11.7 Å². The number of likely N-dealkylation sites (tertiary alicyclic amines) is 1. The minimum atomic E-state index is -0.469. The summed E-state index contributed by atoms with van der Waals surface area (Å²) in [7, 11) is 1.38. The number of carbonyl (C=O) groups is 2. The number of nitrogens with zero attached hydrogens (tertiary/aromatic N) is 1. The number of hydrogen-bond donors (Lipinski definition) is 1.